The number of hydrogen-bond donors (Lipinski definition) is 0. The fourth-order valence-corrected chi connectivity index (χ4v) is 1.69. The number of pyridine rings is 1. The molecule has 0 unspecified atom stereocenters. The summed E-state index contributed by atoms with van der Waals surface area (Å²) in [5.41, 5.74) is 3.11. The number of nitrogens with zero attached hydrogens (tertiary/aromatic N) is 1. The largest absolute Gasteiger partial charge is 0.279 e. The molecule has 2 rings (SSSR count). The summed E-state index contributed by atoms with van der Waals surface area (Å²) in [4.78, 5) is 16.2. The van der Waals surface area contributed by atoms with E-state index >= 15 is 0 Å². The second kappa shape index (κ2) is 5.29. The van der Waals surface area contributed by atoms with Gasteiger partial charge in [-0.05, 0) is 44.0 Å². The number of carbonyl (C=O) groups is 1. The van der Waals surface area contributed by atoms with Crippen LogP contribution in [0.1, 0.15) is 27.3 Å². The third-order valence-corrected chi connectivity index (χ3v) is 2.44. The Morgan fingerprint density at radius 1 is 1.06 bits per heavy atom. The average Bonchev–Trinajstić information content (AvgIpc) is 2.36. The second-order valence-electron chi connectivity index (χ2n) is 4.08. The smallest absolute Gasteiger partial charge is 0.236 e. The van der Waals surface area contributed by atoms with E-state index in [0.29, 0.717) is 5.56 Å². The summed E-state index contributed by atoms with van der Waals surface area (Å²) in [6, 6.07) is 13.0. The standard InChI is InChI=1S/C16H13NO/c1-12-10-15(11-13(2)17-12)16(18)9-8-14-6-4-3-5-7-14/h3-7,10-11H,1-2H3. The van der Waals surface area contributed by atoms with Crippen molar-refractivity contribution < 1.29 is 4.79 Å². The van der Waals surface area contributed by atoms with E-state index in [4.69, 9.17) is 0 Å². The van der Waals surface area contributed by atoms with Crippen LogP contribution in [0.4, 0.5) is 0 Å². The van der Waals surface area contributed by atoms with Crippen molar-refractivity contribution in [1.29, 1.82) is 0 Å². The lowest BCUT2D eigenvalue weighted by atomic mass is 10.1. The number of rotatable bonds is 1. The molecule has 0 bridgehead atoms. The van der Waals surface area contributed by atoms with Crippen molar-refractivity contribution in [1.82, 2.24) is 4.98 Å². The van der Waals surface area contributed by atoms with Gasteiger partial charge in [-0.3, -0.25) is 9.78 Å². The van der Waals surface area contributed by atoms with Gasteiger partial charge in [-0.25, -0.2) is 0 Å². The fourth-order valence-electron chi connectivity index (χ4n) is 1.69. The molecule has 1 heterocycles. The van der Waals surface area contributed by atoms with E-state index in [1.165, 1.54) is 0 Å². The molecule has 2 nitrogen and oxygen atoms in total. The molecular formula is C16H13NO. The van der Waals surface area contributed by atoms with Crippen LogP contribution < -0.4 is 0 Å². The highest BCUT2D eigenvalue weighted by molar-refractivity contribution is 6.09. The van der Waals surface area contributed by atoms with Gasteiger partial charge in [-0.15, -0.1) is 0 Å². The lowest BCUT2D eigenvalue weighted by Crippen LogP contribution is -1.98. The van der Waals surface area contributed by atoms with Crippen LogP contribution >= 0.6 is 0 Å². The van der Waals surface area contributed by atoms with E-state index in [9.17, 15) is 4.79 Å². The van der Waals surface area contributed by atoms with Crippen LogP contribution in [-0.2, 0) is 0 Å². The molecule has 0 radical (unpaired) electrons. The van der Waals surface area contributed by atoms with Crippen molar-refractivity contribution >= 4 is 5.78 Å². The van der Waals surface area contributed by atoms with Crippen molar-refractivity contribution in [2.75, 3.05) is 0 Å². The van der Waals surface area contributed by atoms with E-state index in [2.05, 4.69) is 16.8 Å². The van der Waals surface area contributed by atoms with Crippen molar-refractivity contribution in [3.8, 4) is 11.8 Å². The van der Waals surface area contributed by atoms with Crippen molar-refractivity contribution in [3.63, 3.8) is 0 Å². The van der Waals surface area contributed by atoms with Crippen LogP contribution in [0.15, 0.2) is 42.5 Å². The van der Waals surface area contributed by atoms with Crippen molar-refractivity contribution in [2.45, 2.75) is 13.8 Å². The number of benzene rings is 1. The number of Topliss-reactive ketones (excluding diaryl/α,β-unsaturated/α-hetero) is 1. The molecule has 0 aliphatic heterocycles. The number of carbonyl (C=O) groups excluding carboxylic acids is 1. The monoisotopic (exact) mass is 235 g/mol. The van der Waals surface area contributed by atoms with Crippen molar-refractivity contribution in [2.24, 2.45) is 0 Å². The third-order valence-electron chi connectivity index (χ3n) is 2.44. The Bertz CT molecular complexity index is 613. The molecule has 88 valence electrons. The number of aryl methyl sites for hydroxylation is 2. The number of aromatic nitrogens is 1. The summed E-state index contributed by atoms with van der Waals surface area (Å²) in [5.74, 6) is 5.34. The van der Waals surface area contributed by atoms with Crippen LogP contribution in [0.2, 0.25) is 0 Å². The number of hydrogen-bond acceptors (Lipinski definition) is 2. The van der Waals surface area contributed by atoms with Gasteiger partial charge >= 0.3 is 0 Å². The zero-order valence-corrected chi connectivity index (χ0v) is 10.4. The maximum Gasteiger partial charge on any atom is 0.236 e. The summed E-state index contributed by atoms with van der Waals surface area (Å²) in [6.45, 7) is 3.74. The minimum absolute atomic E-state index is 0.174. The second-order valence-corrected chi connectivity index (χ2v) is 4.08. The first-order chi connectivity index (χ1) is 8.65. The molecule has 0 saturated carbocycles. The molecule has 0 N–H and O–H groups in total. The summed E-state index contributed by atoms with van der Waals surface area (Å²) < 4.78 is 0. The zero-order chi connectivity index (χ0) is 13.0. The molecule has 2 aromatic rings. The molecule has 1 aromatic carbocycles. The van der Waals surface area contributed by atoms with E-state index < -0.39 is 0 Å². The van der Waals surface area contributed by atoms with E-state index in [1.807, 2.05) is 44.2 Å². The minimum Gasteiger partial charge on any atom is -0.279 e. The summed E-state index contributed by atoms with van der Waals surface area (Å²) in [5, 5.41) is 0. The lowest BCUT2D eigenvalue weighted by molar-refractivity contribution is 0.105. The Balaban J connectivity index is 2.25. The van der Waals surface area contributed by atoms with Gasteiger partial charge in [0, 0.05) is 22.5 Å². The summed E-state index contributed by atoms with van der Waals surface area (Å²) in [7, 11) is 0. The minimum atomic E-state index is -0.174. The van der Waals surface area contributed by atoms with E-state index in [-0.39, 0.29) is 5.78 Å². The summed E-state index contributed by atoms with van der Waals surface area (Å²) in [6.07, 6.45) is 0. The topological polar surface area (TPSA) is 30.0 Å². The number of ketones is 1. The average molecular weight is 235 g/mol. The Kier molecular flexibility index (Phi) is 3.54. The van der Waals surface area contributed by atoms with Gasteiger partial charge in [-0.2, -0.15) is 0 Å². The molecule has 0 aliphatic carbocycles. The van der Waals surface area contributed by atoms with Gasteiger partial charge in [0.15, 0.2) is 0 Å². The van der Waals surface area contributed by atoms with Crippen LogP contribution in [0.3, 0.4) is 0 Å². The molecular weight excluding hydrogens is 222 g/mol. The molecule has 0 fully saturated rings. The fraction of sp³-hybridized carbons (Fsp3) is 0.125. The Hall–Kier alpha value is -2.40. The first kappa shape index (κ1) is 12.1. The van der Waals surface area contributed by atoms with Gasteiger partial charge in [0.1, 0.15) is 0 Å². The normalized spacial score (nSPS) is 9.44. The highest BCUT2D eigenvalue weighted by Gasteiger charge is 2.04. The van der Waals surface area contributed by atoms with Crippen LogP contribution in [0, 0.1) is 25.7 Å². The molecule has 0 spiro atoms. The van der Waals surface area contributed by atoms with E-state index in [0.717, 1.165) is 17.0 Å². The molecule has 2 heteroatoms. The predicted octanol–water partition coefficient (Wildman–Crippen LogP) is 2.93. The van der Waals surface area contributed by atoms with Crippen LogP contribution in [0.5, 0.6) is 0 Å². The molecule has 1 aromatic heterocycles. The highest BCUT2D eigenvalue weighted by Crippen LogP contribution is 2.05. The first-order valence-corrected chi connectivity index (χ1v) is 5.72. The first-order valence-electron chi connectivity index (χ1n) is 5.72. The molecule has 0 amide bonds. The maximum absolute atomic E-state index is 11.9. The SMILES string of the molecule is Cc1cc(C(=O)C#Cc2ccccc2)cc(C)n1. The maximum atomic E-state index is 11.9. The summed E-state index contributed by atoms with van der Waals surface area (Å²) >= 11 is 0. The van der Waals surface area contributed by atoms with Gasteiger partial charge in [0.05, 0.1) is 0 Å². The van der Waals surface area contributed by atoms with Crippen LogP contribution in [-0.4, -0.2) is 10.8 Å². The van der Waals surface area contributed by atoms with Gasteiger partial charge in [0.25, 0.3) is 0 Å². The molecule has 0 atom stereocenters. The molecule has 0 aliphatic rings. The quantitative estimate of drug-likeness (QED) is 0.562. The highest BCUT2D eigenvalue weighted by atomic mass is 16.1. The Labute approximate surface area is 107 Å². The Morgan fingerprint density at radius 3 is 2.28 bits per heavy atom. The van der Waals surface area contributed by atoms with Crippen molar-refractivity contribution in [3.05, 3.63) is 65.0 Å². The van der Waals surface area contributed by atoms with Gasteiger partial charge in [0.2, 0.25) is 5.78 Å². The third kappa shape index (κ3) is 3.05. The molecule has 18 heavy (non-hydrogen) atoms. The predicted molar refractivity (Wildman–Crippen MR) is 71.4 cm³/mol. The van der Waals surface area contributed by atoms with E-state index in [1.54, 1.807) is 12.1 Å². The zero-order valence-electron chi connectivity index (χ0n) is 10.4. The lowest BCUT2D eigenvalue weighted by Gasteiger charge is -1.98. The Morgan fingerprint density at radius 2 is 1.67 bits per heavy atom. The molecule has 0 saturated heterocycles. The van der Waals surface area contributed by atoms with Crippen LogP contribution in [0.25, 0.3) is 0 Å². The van der Waals surface area contributed by atoms with Gasteiger partial charge < -0.3 is 0 Å². The van der Waals surface area contributed by atoms with Gasteiger partial charge in [-0.1, -0.05) is 24.1 Å².